The summed E-state index contributed by atoms with van der Waals surface area (Å²) in [6.07, 6.45) is -80.4. The number of aliphatic carboxylic acids is 1. The van der Waals surface area contributed by atoms with Gasteiger partial charge in [-0.1, -0.05) is 0 Å². The van der Waals surface area contributed by atoms with Crippen LogP contribution in [0.1, 0.15) is 27.2 Å². The molecule has 0 spiro atoms. The van der Waals surface area contributed by atoms with Crippen molar-refractivity contribution in [2.45, 2.75) is 278 Å². The molecule has 8 saturated heterocycles. The minimum atomic E-state index is -3.28. The van der Waals surface area contributed by atoms with Crippen molar-refractivity contribution in [3.63, 3.8) is 0 Å². The second kappa shape index (κ2) is 36.9. The highest BCUT2D eigenvalue weighted by Crippen LogP contribution is 2.41. The predicted octanol–water partition coefficient (Wildman–Crippen LogP) is -18.8. The standard InChI is InChI=1S/C57H95N3O44/c1-13(68)58-25-34(79)42(21(9-65)91-49(25)87)98-50-26(59-14(2)69)35(80)43(22(10-66)95-50)99-53-40(85)45(33(78)24(97-53)12-90-52-39(84)37(82)30(75)18(6-62)92-52)101-55-48(38(83)31(76)19(7-63)94-55)102-51-27(60-15(3)70)36(81)44(23(11-67)96-51)100-54-41(86)47(32(77)20(8-64)93-54)104-57(56(88)89)4-16(71)28(73)46(103-57)29(74)17(72)5-61/h16-55,61-67,71-87H,4-12H2,1-3H3,(H,58,68)(H,59,69)(H,60,70)(H,88,89)/t16-,17+,18+,19+,20+,21+,22+,23+,24+,25+,26+,27+,28+,29+,30+,31+,32-,33+,34+,35+,36+,37-,38-,39-,40-,41+,42+,43+,44+,45-,46+,47-,48-,49+,50-,51-,52-,53-,54-,55+,57-/m0/s1. The molecule has 8 fully saturated rings. The normalized spacial score (nSPS) is 48.0. The zero-order chi connectivity index (χ0) is 77.0. The van der Waals surface area contributed by atoms with E-state index in [1.54, 1.807) is 0 Å². The van der Waals surface area contributed by atoms with E-state index in [1.165, 1.54) is 0 Å². The Morgan fingerprint density at radius 2 is 0.779 bits per heavy atom. The summed E-state index contributed by atoms with van der Waals surface area (Å²) in [7, 11) is 0. The van der Waals surface area contributed by atoms with Crippen molar-refractivity contribution < 1.29 is 218 Å². The number of hydrogen-bond acceptors (Lipinski definition) is 43. The Bertz CT molecular complexity index is 2740. The Kier molecular flexibility index (Phi) is 30.5. The Morgan fingerprint density at radius 3 is 1.26 bits per heavy atom. The Labute approximate surface area is 587 Å². The van der Waals surface area contributed by atoms with Gasteiger partial charge in [-0.05, 0) is 0 Å². The minimum Gasteiger partial charge on any atom is -0.477 e. The van der Waals surface area contributed by atoms with E-state index in [0.29, 0.717) is 0 Å². The molecule has 28 N–H and O–H groups in total. The molecule has 602 valence electrons. The molecule has 0 aliphatic carbocycles. The average molecular weight is 1530 g/mol. The number of carboxylic acid groups (broad SMARTS) is 1. The molecule has 8 heterocycles. The number of nitrogens with one attached hydrogen (secondary N) is 3. The quantitative estimate of drug-likeness (QED) is 0.0346. The van der Waals surface area contributed by atoms with Crippen LogP contribution in [0.5, 0.6) is 0 Å². The van der Waals surface area contributed by atoms with Gasteiger partial charge in [0, 0.05) is 27.2 Å². The van der Waals surface area contributed by atoms with Gasteiger partial charge < -0.3 is 215 Å². The summed E-state index contributed by atoms with van der Waals surface area (Å²) in [6.45, 7) is -6.08. The molecule has 0 bridgehead atoms. The van der Waals surface area contributed by atoms with Crippen LogP contribution < -0.4 is 16.0 Å². The monoisotopic (exact) mass is 1530 g/mol. The topological polar surface area (TPSA) is 749 Å². The Balaban J connectivity index is 1.08. The molecule has 0 saturated carbocycles. The summed E-state index contributed by atoms with van der Waals surface area (Å²) in [5, 5.41) is 281. The molecule has 0 unspecified atom stereocenters. The van der Waals surface area contributed by atoms with Crippen molar-refractivity contribution in [3.05, 3.63) is 0 Å². The molecule has 47 heteroatoms. The molecule has 0 radical (unpaired) electrons. The van der Waals surface area contributed by atoms with Gasteiger partial charge in [0.2, 0.25) is 17.7 Å². The van der Waals surface area contributed by atoms with Crippen LogP contribution in [-0.4, -0.2) is 455 Å². The molecule has 0 aromatic heterocycles. The van der Waals surface area contributed by atoms with E-state index in [4.69, 9.17) is 71.1 Å². The van der Waals surface area contributed by atoms with Gasteiger partial charge in [0.1, 0.15) is 195 Å². The van der Waals surface area contributed by atoms with E-state index in [1.807, 2.05) is 0 Å². The van der Waals surface area contributed by atoms with E-state index >= 15 is 0 Å². The van der Waals surface area contributed by atoms with Crippen LogP contribution in [0.3, 0.4) is 0 Å². The van der Waals surface area contributed by atoms with Crippen molar-refractivity contribution in [1.82, 2.24) is 16.0 Å². The molecule has 0 aromatic carbocycles. The number of aliphatic hydroxyl groups excluding tert-OH is 24. The Hall–Kier alpha value is -3.68. The van der Waals surface area contributed by atoms with Crippen LogP contribution in [0.4, 0.5) is 0 Å². The van der Waals surface area contributed by atoms with Crippen molar-refractivity contribution in [1.29, 1.82) is 0 Å². The second-order valence-corrected chi connectivity index (χ2v) is 26.0. The third-order valence-corrected chi connectivity index (χ3v) is 18.8. The first-order chi connectivity index (χ1) is 49.0. The first kappa shape index (κ1) is 85.9. The van der Waals surface area contributed by atoms with Crippen LogP contribution in [0.25, 0.3) is 0 Å². The number of carbonyl (C=O) groups is 4. The molecule has 8 aliphatic heterocycles. The highest BCUT2D eigenvalue weighted by Gasteiger charge is 2.62. The lowest BCUT2D eigenvalue weighted by Gasteiger charge is -2.51. The van der Waals surface area contributed by atoms with Gasteiger partial charge >= 0.3 is 5.97 Å². The summed E-state index contributed by atoms with van der Waals surface area (Å²) in [5.41, 5.74) is 0. The second-order valence-electron chi connectivity index (χ2n) is 26.0. The van der Waals surface area contributed by atoms with Gasteiger partial charge in [-0.2, -0.15) is 0 Å². The van der Waals surface area contributed by atoms with E-state index < -0.39 is 334 Å². The van der Waals surface area contributed by atoms with E-state index in [2.05, 4.69) is 16.0 Å². The fourth-order valence-electron chi connectivity index (χ4n) is 13.3. The summed E-state index contributed by atoms with van der Waals surface area (Å²) >= 11 is 0. The zero-order valence-corrected chi connectivity index (χ0v) is 55.4. The molecule has 104 heavy (non-hydrogen) atoms. The number of rotatable bonds is 28. The van der Waals surface area contributed by atoms with Crippen molar-refractivity contribution in [3.8, 4) is 0 Å². The maximum absolute atomic E-state index is 13.0. The molecule has 41 atom stereocenters. The van der Waals surface area contributed by atoms with Crippen LogP contribution >= 0.6 is 0 Å². The lowest BCUT2D eigenvalue weighted by atomic mass is 9.90. The number of aliphatic hydroxyl groups is 24. The highest BCUT2D eigenvalue weighted by molar-refractivity contribution is 5.76. The first-order valence-electron chi connectivity index (χ1n) is 32.8. The summed E-state index contributed by atoms with van der Waals surface area (Å²) in [6, 6.07) is -5.55. The van der Waals surface area contributed by atoms with Gasteiger partial charge in [-0.25, -0.2) is 4.79 Å². The van der Waals surface area contributed by atoms with E-state index in [-0.39, 0.29) is 0 Å². The predicted molar refractivity (Wildman–Crippen MR) is 316 cm³/mol. The van der Waals surface area contributed by atoms with Gasteiger partial charge in [-0.15, -0.1) is 0 Å². The van der Waals surface area contributed by atoms with Gasteiger partial charge in [0.15, 0.2) is 44.0 Å². The van der Waals surface area contributed by atoms with Crippen LogP contribution in [0, 0.1) is 0 Å². The van der Waals surface area contributed by atoms with E-state index in [9.17, 15) is 147 Å². The SMILES string of the molecule is CC(=O)N[C@@H]1[C@@H](O)[C@H](O[C@@H]2O[C@H](CO)[C@@H](O[C@@H]3O[C@H](CO[C@H]4O[C@H](CO)[C@@H](O)[C@H](O)[C@@H]4O)[C@@H](O)[C@H](O[C@H]4O[C@H](CO)[C@@H](O)[C@H](O)[C@@H]4O[C@@H]4O[C@H](CO)[C@@H](O[C@@H]5O[C@H](CO)[C@H](O)[C@H](O[C@]6(C(=O)O)C[C@H](O)[C@@H](O)[C@H]([C@H](O)[C@H](O)CO)O6)[C@H]5O)[C@H](O)[C@H]4NC(C)=O)[C@@H]3O)[C@H](O)[C@H]2NC(C)=O)[C@@H](CO)O[C@H]1O. The number of ether oxygens (including phenoxy) is 15. The lowest BCUT2D eigenvalue weighted by molar-refractivity contribution is -0.400. The molecule has 8 aliphatic rings. The molecule has 8 rings (SSSR count). The molecule has 3 amide bonds. The minimum absolute atomic E-state index is 0.770. The largest absolute Gasteiger partial charge is 0.477 e. The fourth-order valence-corrected chi connectivity index (χ4v) is 13.3. The molecular formula is C57H95N3O44. The number of amides is 3. The summed E-state index contributed by atoms with van der Waals surface area (Å²) < 4.78 is 87.2. The zero-order valence-electron chi connectivity index (χ0n) is 55.4. The molecule has 0 aromatic rings. The maximum Gasteiger partial charge on any atom is 0.364 e. The maximum atomic E-state index is 13.0. The first-order valence-corrected chi connectivity index (χ1v) is 32.8. The highest BCUT2D eigenvalue weighted by atomic mass is 16.8. The van der Waals surface area contributed by atoms with Crippen molar-refractivity contribution >= 4 is 23.7 Å². The van der Waals surface area contributed by atoms with E-state index in [0.717, 1.165) is 20.8 Å². The van der Waals surface area contributed by atoms with Crippen molar-refractivity contribution in [2.75, 3.05) is 52.9 Å². The third-order valence-electron chi connectivity index (χ3n) is 18.8. The summed E-state index contributed by atoms with van der Waals surface area (Å²) in [4.78, 5) is 50.9. The smallest absolute Gasteiger partial charge is 0.364 e. The van der Waals surface area contributed by atoms with Gasteiger partial charge in [0.05, 0.1) is 59.0 Å². The third kappa shape index (κ3) is 18.5. The Morgan fingerprint density at radius 1 is 0.394 bits per heavy atom. The number of hydrogen-bond donors (Lipinski definition) is 28. The van der Waals surface area contributed by atoms with Crippen LogP contribution in [-0.2, 0) is 90.2 Å². The van der Waals surface area contributed by atoms with Gasteiger partial charge in [0.25, 0.3) is 5.79 Å². The fraction of sp³-hybridized carbons (Fsp3) is 0.930. The van der Waals surface area contributed by atoms with Crippen LogP contribution in [0.2, 0.25) is 0 Å². The lowest BCUT2D eigenvalue weighted by Crippen LogP contribution is -2.71. The number of carbonyl (C=O) groups excluding carboxylic acids is 3. The number of carboxylic acids is 1. The van der Waals surface area contributed by atoms with Crippen molar-refractivity contribution in [2.24, 2.45) is 0 Å². The average Bonchev–Trinajstić information content (AvgIpc) is 0.759. The molecular weight excluding hydrogens is 1430 g/mol. The van der Waals surface area contributed by atoms with Gasteiger partial charge in [-0.3, -0.25) is 14.4 Å². The molecule has 47 nitrogen and oxygen atoms in total. The van der Waals surface area contributed by atoms with Crippen LogP contribution in [0.15, 0.2) is 0 Å². The summed E-state index contributed by atoms with van der Waals surface area (Å²) in [5.74, 6) is -8.12.